The largest absolute Gasteiger partial charge is 0.301 e. The monoisotopic (exact) mass is 392 g/mol. The van der Waals surface area contributed by atoms with E-state index in [1.165, 1.54) is 60.9 Å². The highest BCUT2D eigenvalue weighted by molar-refractivity contribution is 7.98. The van der Waals surface area contributed by atoms with Crippen LogP contribution in [0.25, 0.3) is 16.9 Å². The van der Waals surface area contributed by atoms with Gasteiger partial charge in [0, 0.05) is 6.07 Å². The van der Waals surface area contributed by atoms with Crippen molar-refractivity contribution >= 4 is 22.8 Å². The zero-order valence-electron chi connectivity index (χ0n) is 15.1. The van der Waals surface area contributed by atoms with Crippen molar-refractivity contribution in [3.8, 4) is 5.82 Å². The summed E-state index contributed by atoms with van der Waals surface area (Å²) in [6.07, 6.45) is 7.97. The predicted octanol–water partition coefficient (Wildman–Crippen LogP) is 5.11. The number of halogens is 2. The number of aromatic amines is 1. The van der Waals surface area contributed by atoms with E-state index in [-0.39, 0.29) is 5.82 Å². The summed E-state index contributed by atoms with van der Waals surface area (Å²) in [5.41, 5.74) is 0.515. The first kappa shape index (κ1) is 19.5. The number of fused-ring (bicyclic) bond motifs is 1. The first-order valence-electron chi connectivity index (χ1n) is 9.01. The van der Waals surface area contributed by atoms with Crippen LogP contribution < -0.4 is 5.56 Å². The molecule has 0 unspecified atom stereocenters. The second kappa shape index (κ2) is 9.12. The van der Waals surface area contributed by atoms with Gasteiger partial charge >= 0.3 is 0 Å². The molecular weight excluding hydrogens is 370 g/mol. The van der Waals surface area contributed by atoms with Crippen LogP contribution in [-0.4, -0.2) is 25.8 Å². The highest BCUT2D eigenvalue weighted by Crippen LogP contribution is 2.27. The molecule has 1 aliphatic carbocycles. The second-order valence-corrected chi connectivity index (χ2v) is 7.12. The third kappa shape index (κ3) is 4.74. The molecular formula is C19H22F2N4OS. The van der Waals surface area contributed by atoms with Crippen LogP contribution in [0.15, 0.2) is 40.3 Å². The lowest BCUT2D eigenvalue weighted by Gasteiger charge is -2.08. The smallest absolute Gasteiger partial charge is 0.296 e. The number of rotatable bonds is 3. The van der Waals surface area contributed by atoms with Crippen LogP contribution in [0.5, 0.6) is 0 Å². The number of hydrogen-bond acceptors (Lipinski definition) is 4. The van der Waals surface area contributed by atoms with Gasteiger partial charge in [-0.1, -0.05) is 62.4 Å². The van der Waals surface area contributed by atoms with E-state index < -0.39 is 17.8 Å². The van der Waals surface area contributed by atoms with Crippen LogP contribution in [0.4, 0.5) is 8.78 Å². The molecule has 1 aliphatic rings. The van der Waals surface area contributed by atoms with E-state index in [9.17, 15) is 13.6 Å². The minimum Gasteiger partial charge on any atom is -0.301 e. The molecule has 0 spiro atoms. The average molecular weight is 392 g/mol. The van der Waals surface area contributed by atoms with Crippen molar-refractivity contribution in [2.75, 3.05) is 6.26 Å². The molecule has 1 aromatic carbocycles. The number of H-pyrrole nitrogens is 1. The highest BCUT2D eigenvalue weighted by atomic mass is 32.2. The van der Waals surface area contributed by atoms with E-state index in [1.54, 1.807) is 30.5 Å². The van der Waals surface area contributed by atoms with Crippen molar-refractivity contribution in [1.82, 2.24) is 19.5 Å². The van der Waals surface area contributed by atoms with E-state index in [4.69, 9.17) is 0 Å². The fourth-order valence-corrected chi connectivity index (χ4v) is 3.51. The van der Waals surface area contributed by atoms with Crippen molar-refractivity contribution in [2.24, 2.45) is 0 Å². The fraction of sp³-hybridized carbons (Fsp3) is 0.421. The summed E-state index contributed by atoms with van der Waals surface area (Å²) >= 11 is 1.23. The summed E-state index contributed by atoms with van der Waals surface area (Å²) in [5, 5.41) is 0.357. The molecule has 4 rings (SSSR count). The zero-order chi connectivity index (χ0) is 19.2. The van der Waals surface area contributed by atoms with Crippen LogP contribution in [0, 0.1) is 0 Å². The van der Waals surface area contributed by atoms with Crippen molar-refractivity contribution < 1.29 is 8.78 Å². The number of nitrogens with zero attached hydrogens (tertiary/aromatic N) is 3. The SMILES string of the molecule is C1CCCCC1.CSc1nc(-n2c(C(F)F)nc3ccccc32)cc(=O)[nH]1. The number of benzene rings is 1. The Balaban J connectivity index is 0.000000299. The van der Waals surface area contributed by atoms with Gasteiger partial charge in [-0.2, -0.15) is 0 Å². The maximum Gasteiger partial charge on any atom is 0.296 e. The van der Waals surface area contributed by atoms with Crippen molar-refractivity contribution in [3.63, 3.8) is 0 Å². The van der Waals surface area contributed by atoms with Gasteiger partial charge in [-0.15, -0.1) is 0 Å². The molecule has 27 heavy (non-hydrogen) atoms. The van der Waals surface area contributed by atoms with Gasteiger partial charge in [0.1, 0.15) is 5.82 Å². The topological polar surface area (TPSA) is 63.6 Å². The van der Waals surface area contributed by atoms with Crippen LogP contribution in [0.1, 0.15) is 50.8 Å². The second-order valence-electron chi connectivity index (χ2n) is 6.33. The third-order valence-corrected chi connectivity index (χ3v) is 4.99. The van der Waals surface area contributed by atoms with Gasteiger partial charge in [-0.25, -0.2) is 18.7 Å². The average Bonchev–Trinajstić information content (AvgIpc) is 3.09. The maximum atomic E-state index is 13.2. The summed E-state index contributed by atoms with van der Waals surface area (Å²) in [4.78, 5) is 22.3. The Morgan fingerprint density at radius 1 is 1.07 bits per heavy atom. The van der Waals surface area contributed by atoms with Crippen LogP contribution in [-0.2, 0) is 0 Å². The summed E-state index contributed by atoms with van der Waals surface area (Å²) in [6, 6.07) is 7.92. The summed E-state index contributed by atoms with van der Waals surface area (Å²) < 4.78 is 27.7. The number of hydrogen-bond donors (Lipinski definition) is 1. The molecule has 1 fully saturated rings. The number of alkyl halides is 2. The number of nitrogens with one attached hydrogen (secondary N) is 1. The molecule has 0 saturated heterocycles. The predicted molar refractivity (Wildman–Crippen MR) is 104 cm³/mol. The molecule has 0 atom stereocenters. The molecule has 8 heteroatoms. The van der Waals surface area contributed by atoms with E-state index in [0.717, 1.165) is 0 Å². The molecule has 0 bridgehead atoms. The Labute approximate surface area is 160 Å². The highest BCUT2D eigenvalue weighted by Gasteiger charge is 2.21. The van der Waals surface area contributed by atoms with Gasteiger partial charge in [-0.3, -0.25) is 9.36 Å². The Morgan fingerprint density at radius 2 is 1.70 bits per heavy atom. The van der Waals surface area contributed by atoms with E-state index >= 15 is 0 Å². The van der Waals surface area contributed by atoms with E-state index in [0.29, 0.717) is 16.2 Å². The minimum atomic E-state index is -2.77. The number of imidazole rings is 1. The fourth-order valence-electron chi connectivity index (χ4n) is 3.13. The molecule has 0 amide bonds. The van der Waals surface area contributed by atoms with Crippen LogP contribution >= 0.6 is 11.8 Å². The van der Waals surface area contributed by atoms with Crippen LogP contribution in [0.2, 0.25) is 0 Å². The number of para-hydroxylation sites is 2. The Bertz CT molecular complexity index is 939. The van der Waals surface area contributed by atoms with Gasteiger partial charge in [-0.05, 0) is 18.4 Å². The van der Waals surface area contributed by atoms with Crippen molar-refractivity contribution in [2.45, 2.75) is 50.1 Å². The molecule has 144 valence electrons. The van der Waals surface area contributed by atoms with E-state index in [2.05, 4.69) is 15.0 Å². The minimum absolute atomic E-state index is 0.132. The lowest BCUT2D eigenvalue weighted by atomic mass is 10.0. The van der Waals surface area contributed by atoms with Crippen molar-refractivity contribution in [1.29, 1.82) is 0 Å². The normalized spacial score (nSPS) is 14.2. The lowest BCUT2D eigenvalue weighted by Crippen LogP contribution is -2.13. The summed E-state index contributed by atoms with van der Waals surface area (Å²) in [7, 11) is 0. The molecule has 2 heterocycles. The standard InChI is InChI=1S/C13H10F2N4OS.C6H12/c1-21-13-17-9(6-10(20)18-13)19-8-5-3-2-4-7(8)16-12(19)11(14)15;1-2-4-6-5-3-1/h2-6,11H,1H3,(H,17,18,20);1-6H2. The first-order valence-corrected chi connectivity index (χ1v) is 10.2. The maximum absolute atomic E-state index is 13.2. The van der Waals surface area contributed by atoms with Gasteiger partial charge in [0.2, 0.25) is 0 Å². The molecule has 5 nitrogen and oxygen atoms in total. The van der Waals surface area contributed by atoms with Gasteiger partial charge in [0.05, 0.1) is 11.0 Å². The van der Waals surface area contributed by atoms with E-state index in [1.807, 2.05) is 0 Å². The van der Waals surface area contributed by atoms with Crippen molar-refractivity contribution in [3.05, 3.63) is 46.5 Å². The quantitative estimate of drug-likeness (QED) is 0.497. The molecule has 3 aromatic rings. The summed E-state index contributed by atoms with van der Waals surface area (Å²) in [5.74, 6) is -0.298. The number of thioether (sulfide) groups is 1. The summed E-state index contributed by atoms with van der Waals surface area (Å²) in [6.45, 7) is 0. The Morgan fingerprint density at radius 3 is 2.30 bits per heavy atom. The van der Waals surface area contributed by atoms with Gasteiger partial charge in [0.25, 0.3) is 12.0 Å². The molecule has 2 aromatic heterocycles. The number of aromatic nitrogens is 4. The third-order valence-electron chi connectivity index (χ3n) is 4.41. The lowest BCUT2D eigenvalue weighted by molar-refractivity contribution is 0.139. The Kier molecular flexibility index (Phi) is 6.60. The molecule has 1 saturated carbocycles. The molecule has 0 aliphatic heterocycles. The van der Waals surface area contributed by atoms with Crippen LogP contribution in [0.3, 0.4) is 0 Å². The first-order chi connectivity index (χ1) is 13.1. The zero-order valence-corrected chi connectivity index (χ0v) is 15.9. The molecule has 0 radical (unpaired) electrons. The Hall–Kier alpha value is -2.22. The van der Waals surface area contributed by atoms with Gasteiger partial charge < -0.3 is 4.98 Å². The van der Waals surface area contributed by atoms with Gasteiger partial charge in [0.15, 0.2) is 11.0 Å². The molecule has 1 N–H and O–H groups in total.